The number of imide groups is 1. The molecule has 0 radical (unpaired) electrons. The molecule has 4 amide bonds. The van der Waals surface area contributed by atoms with E-state index in [2.05, 4.69) is 26.1 Å². The lowest BCUT2D eigenvalue weighted by Crippen LogP contribution is -2.51. The summed E-state index contributed by atoms with van der Waals surface area (Å²) in [6.07, 6.45) is 2.87. The molecule has 0 bridgehead atoms. The van der Waals surface area contributed by atoms with E-state index in [-0.39, 0.29) is 24.4 Å². The number of likely N-dealkylation sites (N-methyl/N-ethyl adjacent to an activating group) is 1. The van der Waals surface area contributed by atoms with Crippen molar-refractivity contribution in [1.29, 1.82) is 0 Å². The van der Waals surface area contributed by atoms with Gasteiger partial charge in [0.05, 0.1) is 5.92 Å². The Morgan fingerprint density at radius 1 is 1.30 bits per heavy atom. The van der Waals surface area contributed by atoms with Crippen LogP contribution in [-0.4, -0.2) is 64.4 Å². The topological polar surface area (TPSA) is 107 Å². The minimum atomic E-state index is -1.00. The van der Waals surface area contributed by atoms with Gasteiger partial charge in [-0.25, -0.2) is 4.79 Å². The summed E-state index contributed by atoms with van der Waals surface area (Å²) in [5.41, 5.74) is -0.738. The molecule has 1 spiro atoms. The zero-order valence-electron chi connectivity index (χ0n) is 16.9. The largest absolute Gasteiger partial charge is 0.481 e. The summed E-state index contributed by atoms with van der Waals surface area (Å²) < 4.78 is 0. The highest BCUT2D eigenvalue weighted by atomic mass is 16.4. The van der Waals surface area contributed by atoms with Gasteiger partial charge in [0.2, 0.25) is 5.91 Å². The molecule has 2 fully saturated rings. The van der Waals surface area contributed by atoms with Crippen molar-refractivity contribution in [3.05, 3.63) is 0 Å². The minimum absolute atomic E-state index is 0.0240. The number of carbonyl (C=O) groups excluding carboxylic acids is 3. The van der Waals surface area contributed by atoms with Crippen molar-refractivity contribution in [2.45, 2.75) is 58.9 Å². The van der Waals surface area contributed by atoms with Crippen molar-refractivity contribution in [2.75, 3.05) is 20.1 Å². The van der Waals surface area contributed by atoms with E-state index in [0.29, 0.717) is 18.8 Å². The molecule has 1 aliphatic heterocycles. The van der Waals surface area contributed by atoms with Crippen molar-refractivity contribution < 1.29 is 24.3 Å². The molecule has 1 saturated carbocycles. The Morgan fingerprint density at radius 3 is 2.33 bits per heavy atom. The third-order valence-corrected chi connectivity index (χ3v) is 6.00. The number of hydrogen-bond donors (Lipinski definition) is 2. The summed E-state index contributed by atoms with van der Waals surface area (Å²) >= 11 is 0. The van der Waals surface area contributed by atoms with Gasteiger partial charge in [0.15, 0.2) is 0 Å². The summed E-state index contributed by atoms with van der Waals surface area (Å²) in [5.74, 6) is -2.02. The molecule has 1 atom stereocenters. The Bertz CT molecular complexity index is 632. The number of rotatable bonds is 5. The van der Waals surface area contributed by atoms with Crippen molar-refractivity contribution >= 4 is 23.8 Å². The van der Waals surface area contributed by atoms with Crippen LogP contribution in [0.25, 0.3) is 0 Å². The fraction of sp³-hybridized carbons (Fsp3) is 0.789. The van der Waals surface area contributed by atoms with Gasteiger partial charge in [-0.2, -0.15) is 0 Å². The fourth-order valence-corrected chi connectivity index (χ4v) is 3.98. The molecule has 27 heavy (non-hydrogen) atoms. The predicted octanol–water partition coefficient (Wildman–Crippen LogP) is 1.69. The Hall–Kier alpha value is -2.12. The molecule has 0 aromatic carbocycles. The molecule has 1 heterocycles. The molecule has 1 unspecified atom stereocenters. The van der Waals surface area contributed by atoms with Crippen LogP contribution in [-0.2, 0) is 14.4 Å². The van der Waals surface area contributed by atoms with E-state index in [4.69, 9.17) is 5.11 Å². The summed E-state index contributed by atoms with van der Waals surface area (Å²) in [4.78, 5) is 50.8. The maximum absolute atomic E-state index is 12.9. The van der Waals surface area contributed by atoms with Crippen LogP contribution >= 0.6 is 0 Å². The molecule has 8 heteroatoms. The monoisotopic (exact) mass is 381 g/mol. The number of urea groups is 1. The first-order chi connectivity index (χ1) is 12.4. The van der Waals surface area contributed by atoms with E-state index < -0.39 is 29.4 Å². The maximum atomic E-state index is 12.9. The number of carboxylic acid groups (broad SMARTS) is 1. The molecule has 152 valence electrons. The van der Waals surface area contributed by atoms with Crippen LogP contribution < -0.4 is 5.32 Å². The van der Waals surface area contributed by atoms with E-state index in [9.17, 15) is 19.2 Å². The van der Waals surface area contributed by atoms with Gasteiger partial charge in [0.25, 0.3) is 5.91 Å². The molecule has 2 aliphatic rings. The average molecular weight is 381 g/mol. The number of nitrogens with one attached hydrogen (secondary N) is 1. The van der Waals surface area contributed by atoms with E-state index in [0.717, 1.165) is 17.7 Å². The lowest BCUT2D eigenvalue weighted by molar-refractivity contribution is -0.144. The Balaban J connectivity index is 2.00. The molecular weight excluding hydrogens is 350 g/mol. The number of carbonyl (C=O) groups is 4. The highest BCUT2D eigenvalue weighted by molar-refractivity contribution is 6.09. The molecule has 1 saturated heterocycles. The standard InChI is InChI=1S/C19H31N3O5/c1-12(15(24)25)10-21(5)14(23)11-22-16(26)19(20-17(22)27)8-6-13(7-9-19)18(2,3)4/h12-13H,6-11H2,1-5H3,(H,20,27)(H,24,25). The minimum Gasteiger partial charge on any atom is -0.481 e. The van der Waals surface area contributed by atoms with Crippen molar-refractivity contribution in [1.82, 2.24) is 15.1 Å². The second kappa shape index (κ2) is 7.48. The first kappa shape index (κ1) is 21.2. The van der Waals surface area contributed by atoms with Gasteiger partial charge >= 0.3 is 12.0 Å². The quantitative estimate of drug-likeness (QED) is 0.705. The lowest BCUT2D eigenvalue weighted by atomic mass is 9.67. The van der Waals surface area contributed by atoms with Gasteiger partial charge in [-0.05, 0) is 37.0 Å². The van der Waals surface area contributed by atoms with Crippen LogP contribution in [0, 0.1) is 17.3 Å². The molecule has 2 N–H and O–H groups in total. The summed E-state index contributed by atoms with van der Waals surface area (Å²) in [7, 11) is 1.48. The van der Waals surface area contributed by atoms with E-state index in [1.807, 2.05) is 0 Å². The van der Waals surface area contributed by atoms with Gasteiger partial charge in [-0.15, -0.1) is 0 Å². The third-order valence-electron chi connectivity index (χ3n) is 6.00. The van der Waals surface area contributed by atoms with E-state index >= 15 is 0 Å². The fourth-order valence-electron chi connectivity index (χ4n) is 3.98. The Kier molecular flexibility index (Phi) is 5.87. The second-order valence-corrected chi connectivity index (χ2v) is 9.06. The SMILES string of the molecule is CC(CN(C)C(=O)CN1C(=O)NC2(CCC(C(C)(C)C)CC2)C1=O)C(=O)O. The molecule has 0 aromatic heterocycles. The van der Waals surface area contributed by atoms with Crippen LogP contribution in [0.3, 0.4) is 0 Å². The summed E-state index contributed by atoms with van der Waals surface area (Å²) in [6, 6.07) is -0.540. The number of amides is 4. The van der Waals surface area contributed by atoms with Gasteiger partial charge in [0, 0.05) is 13.6 Å². The van der Waals surface area contributed by atoms with Gasteiger partial charge in [-0.1, -0.05) is 27.7 Å². The molecule has 2 rings (SSSR count). The van der Waals surface area contributed by atoms with Crippen molar-refractivity contribution in [3.63, 3.8) is 0 Å². The van der Waals surface area contributed by atoms with Gasteiger partial charge in [0.1, 0.15) is 12.1 Å². The zero-order chi connectivity index (χ0) is 20.6. The Labute approximate surface area is 160 Å². The number of aliphatic carboxylic acids is 1. The first-order valence-electron chi connectivity index (χ1n) is 9.48. The van der Waals surface area contributed by atoms with Gasteiger partial charge < -0.3 is 15.3 Å². The number of hydrogen-bond acceptors (Lipinski definition) is 4. The molecule has 8 nitrogen and oxygen atoms in total. The number of nitrogens with zero attached hydrogens (tertiary/aromatic N) is 2. The van der Waals surface area contributed by atoms with Crippen LogP contribution in [0.2, 0.25) is 0 Å². The van der Waals surface area contributed by atoms with Crippen LogP contribution in [0.15, 0.2) is 0 Å². The van der Waals surface area contributed by atoms with Crippen LogP contribution in [0.1, 0.15) is 53.4 Å². The van der Waals surface area contributed by atoms with E-state index in [1.54, 1.807) is 0 Å². The van der Waals surface area contributed by atoms with Crippen molar-refractivity contribution in [3.8, 4) is 0 Å². The normalized spacial score (nSPS) is 26.9. The molecular formula is C19H31N3O5. The summed E-state index contributed by atoms with van der Waals surface area (Å²) in [6.45, 7) is 7.72. The highest BCUT2D eigenvalue weighted by Crippen LogP contribution is 2.43. The van der Waals surface area contributed by atoms with Gasteiger partial charge in [-0.3, -0.25) is 19.3 Å². The molecule has 1 aliphatic carbocycles. The Morgan fingerprint density at radius 2 is 1.85 bits per heavy atom. The maximum Gasteiger partial charge on any atom is 0.325 e. The first-order valence-corrected chi connectivity index (χ1v) is 9.48. The van der Waals surface area contributed by atoms with E-state index in [1.165, 1.54) is 18.9 Å². The third kappa shape index (κ3) is 4.42. The lowest BCUT2D eigenvalue weighted by Gasteiger charge is -2.40. The second-order valence-electron chi connectivity index (χ2n) is 9.06. The molecule has 0 aromatic rings. The number of carboxylic acids is 1. The van der Waals surface area contributed by atoms with Crippen LogP contribution in [0.5, 0.6) is 0 Å². The van der Waals surface area contributed by atoms with Crippen LogP contribution in [0.4, 0.5) is 4.79 Å². The summed E-state index contributed by atoms with van der Waals surface area (Å²) in [5, 5.41) is 11.8. The van der Waals surface area contributed by atoms with Crippen molar-refractivity contribution in [2.24, 2.45) is 17.3 Å². The zero-order valence-corrected chi connectivity index (χ0v) is 16.9. The highest BCUT2D eigenvalue weighted by Gasteiger charge is 2.53. The average Bonchev–Trinajstić information content (AvgIpc) is 2.78. The predicted molar refractivity (Wildman–Crippen MR) is 98.8 cm³/mol. The smallest absolute Gasteiger partial charge is 0.325 e.